The number of carbonyl (C=O) groups is 1. The fourth-order valence-corrected chi connectivity index (χ4v) is 3.39. The molecular formula is C26H29NO2. The summed E-state index contributed by atoms with van der Waals surface area (Å²) in [6.07, 6.45) is -0.605. The van der Waals surface area contributed by atoms with Gasteiger partial charge in [0.25, 0.3) is 5.91 Å². The molecule has 2 atom stereocenters. The van der Waals surface area contributed by atoms with E-state index in [4.69, 9.17) is 4.74 Å². The van der Waals surface area contributed by atoms with Gasteiger partial charge in [-0.15, -0.1) is 0 Å². The molecule has 3 aromatic rings. The summed E-state index contributed by atoms with van der Waals surface area (Å²) in [5, 5.41) is 3.17. The number of carbonyl (C=O) groups excluding carboxylic acids is 1. The molecule has 0 saturated carbocycles. The molecule has 3 aromatic carbocycles. The van der Waals surface area contributed by atoms with Crippen molar-refractivity contribution in [2.45, 2.75) is 46.8 Å². The highest BCUT2D eigenvalue weighted by molar-refractivity contribution is 5.81. The zero-order valence-corrected chi connectivity index (χ0v) is 17.8. The van der Waals surface area contributed by atoms with E-state index in [-0.39, 0.29) is 11.9 Å². The smallest absolute Gasteiger partial charge is 0.261 e. The second-order valence-corrected chi connectivity index (χ2v) is 7.73. The Morgan fingerprint density at radius 1 is 0.828 bits per heavy atom. The van der Waals surface area contributed by atoms with Gasteiger partial charge >= 0.3 is 0 Å². The van der Waals surface area contributed by atoms with E-state index < -0.39 is 6.10 Å². The van der Waals surface area contributed by atoms with E-state index in [9.17, 15) is 4.79 Å². The highest BCUT2D eigenvalue weighted by Gasteiger charge is 2.22. The lowest BCUT2D eigenvalue weighted by Gasteiger charge is -2.23. The molecule has 1 N–H and O–H groups in total. The Balaban J connectivity index is 1.82. The molecule has 0 aromatic heterocycles. The van der Waals surface area contributed by atoms with Crippen LogP contribution in [-0.4, -0.2) is 12.0 Å². The second-order valence-electron chi connectivity index (χ2n) is 7.73. The first-order valence-corrected chi connectivity index (χ1v) is 10.0. The maximum Gasteiger partial charge on any atom is 0.261 e. The van der Waals surface area contributed by atoms with Crippen molar-refractivity contribution >= 4 is 5.91 Å². The zero-order chi connectivity index (χ0) is 21.0. The molecule has 150 valence electrons. The Hall–Kier alpha value is -3.07. The van der Waals surface area contributed by atoms with Crippen LogP contribution in [0.5, 0.6) is 5.75 Å². The molecule has 29 heavy (non-hydrogen) atoms. The normalized spacial score (nSPS) is 12.9. The molecule has 0 bridgehead atoms. The topological polar surface area (TPSA) is 38.3 Å². The van der Waals surface area contributed by atoms with E-state index in [0.717, 1.165) is 33.6 Å². The molecule has 0 spiro atoms. The molecule has 3 nitrogen and oxygen atoms in total. The summed E-state index contributed by atoms with van der Waals surface area (Å²) in [4.78, 5) is 13.0. The van der Waals surface area contributed by atoms with Crippen LogP contribution in [0.25, 0.3) is 0 Å². The Bertz CT molecular complexity index is 978. The van der Waals surface area contributed by atoms with Crippen LogP contribution < -0.4 is 10.1 Å². The number of nitrogens with one attached hydrogen (secondary N) is 1. The van der Waals surface area contributed by atoms with Gasteiger partial charge in [-0.3, -0.25) is 4.79 Å². The van der Waals surface area contributed by atoms with Crippen molar-refractivity contribution in [3.05, 3.63) is 100 Å². The molecule has 3 rings (SSSR count). The van der Waals surface area contributed by atoms with Gasteiger partial charge in [-0.1, -0.05) is 66.2 Å². The SMILES string of the molecule is Cc1ccc([C@H](NC(=O)[C@@H](C)Oc2cc(C)cc(C)c2C)c2ccccc2)cc1. The monoisotopic (exact) mass is 387 g/mol. The van der Waals surface area contributed by atoms with Crippen molar-refractivity contribution in [1.29, 1.82) is 0 Å². The Morgan fingerprint density at radius 3 is 2.10 bits per heavy atom. The molecular weight excluding hydrogens is 358 g/mol. The molecule has 0 saturated heterocycles. The summed E-state index contributed by atoms with van der Waals surface area (Å²) in [5.74, 6) is 0.620. The van der Waals surface area contributed by atoms with Crippen LogP contribution in [-0.2, 0) is 4.79 Å². The fourth-order valence-electron chi connectivity index (χ4n) is 3.39. The van der Waals surface area contributed by atoms with Crippen molar-refractivity contribution in [1.82, 2.24) is 5.32 Å². The molecule has 0 aliphatic rings. The van der Waals surface area contributed by atoms with E-state index in [1.807, 2.05) is 50.2 Å². The number of rotatable bonds is 6. The van der Waals surface area contributed by atoms with Gasteiger partial charge in [0.2, 0.25) is 0 Å². The number of hydrogen-bond acceptors (Lipinski definition) is 2. The molecule has 0 fully saturated rings. The van der Waals surface area contributed by atoms with Crippen LogP contribution in [0.3, 0.4) is 0 Å². The average molecular weight is 388 g/mol. The van der Waals surface area contributed by atoms with Crippen molar-refractivity contribution in [3.63, 3.8) is 0 Å². The van der Waals surface area contributed by atoms with E-state index >= 15 is 0 Å². The van der Waals surface area contributed by atoms with E-state index in [1.165, 1.54) is 5.56 Å². The Labute approximate surface area is 173 Å². The molecule has 0 unspecified atom stereocenters. The third-order valence-electron chi connectivity index (χ3n) is 5.27. The van der Waals surface area contributed by atoms with Gasteiger partial charge < -0.3 is 10.1 Å². The maximum atomic E-state index is 13.0. The molecule has 1 amide bonds. The van der Waals surface area contributed by atoms with Gasteiger partial charge in [0, 0.05) is 0 Å². The van der Waals surface area contributed by atoms with Gasteiger partial charge in [0.1, 0.15) is 5.75 Å². The summed E-state index contributed by atoms with van der Waals surface area (Å²) in [6, 6.07) is 22.2. The quantitative estimate of drug-likeness (QED) is 0.598. The summed E-state index contributed by atoms with van der Waals surface area (Å²) in [7, 11) is 0. The minimum absolute atomic E-state index is 0.141. The minimum atomic E-state index is -0.605. The van der Waals surface area contributed by atoms with Crippen LogP contribution >= 0.6 is 0 Å². The van der Waals surface area contributed by atoms with E-state index in [2.05, 4.69) is 49.5 Å². The van der Waals surface area contributed by atoms with Crippen molar-refractivity contribution in [2.24, 2.45) is 0 Å². The van der Waals surface area contributed by atoms with E-state index in [0.29, 0.717) is 0 Å². The maximum absolute atomic E-state index is 13.0. The van der Waals surface area contributed by atoms with Crippen LogP contribution in [0.4, 0.5) is 0 Å². The van der Waals surface area contributed by atoms with Gasteiger partial charge in [0.05, 0.1) is 6.04 Å². The van der Waals surface area contributed by atoms with Crippen LogP contribution in [0.2, 0.25) is 0 Å². The third kappa shape index (κ3) is 5.05. The average Bonchev–Trinajstić information content (AvgIpc) is 2.71. The van der Waals surface area contributed by atoms with Crippen molar-refractivity contribution < 1.29 is 9.53 Å². The number of benzene rings is 3. The first kappa shape index (κ1) is 20.7. The summed E-state index contributed by atoms with van der Waals surface area (Å²) in [6.45, 7) is 9.97. The second kappa shape index (κ2) is 8.95. The first-order valence-electron chi connectivity index (χ1n) is 10.0. The molecule has 0 heterocycles. The summed E-state index contributed by atoms with van der Waals surface area (Å²) < 4.78 is 6.05. The number of amides is 1. The number of ether oxygens (including phenoxy) is 1. The highest BCUT2D eigenvalue weighted by atomic mass is 16.5. The van der Waals surface area contributed by atoms with Crippen LogP contribution in [0, 0.1) is 27.7 Å². The first-order chi connectivity index (χ1) is 13.8. The van der Waals surface area contributed by atoms with Gasteiger partial charge in [-0.25, -0.2) is 0 Å². The van der Waals surface area contributed by atoms with Gasteiger partial charge in [-0.2, -0.15) is 0 Å². The van der Waals surface area contributed by atoms with Gasteiger partial charge in [0.15, 0.2) is 6.10 Å². The lowest BCUT2D eigenvalue weighted by molar-refractivity contribution is -0.127. The molecule has 0 aliphatic carbocycles. The lowest BCUT2D eigenvalue weighted by atomic mass is 9.97. The summed E-state index contributed by atoms with van der Waals surface area (Å²) in [5.41, 5.74) is 6.62. The number of aryl methyl sites for hydroxylation is 3. The summed E-state index contributed by atoms with van der Waals surface area (Å²) >= 11 is 0. The molecule has 0 radical (unpaired) electrons. The van der Waals surface area contributed by atoms with E-state index in [1.54, 1.807) is 6.92 Å². The number of hydrogen-bond donors (Lipinski definition) is 1. The van der Waals surface area contributed by atoms with Crippen molar-refractivity contribution in [2.75, 3.05) is 0 Å². The molecule has 0 aliphatic heterocycles. The van der Waals surface area contributed by atoms with Crippen LogP contribution in [0.1, 0.15) is 46.3 Å². The minimum Gasteiger partial charge on any atom is -0.481 e. The Morgan fingerprint density at radius 2 is 1.45 bits per heavy atom. The standard InChI is InChI=1S/C26H29NO2/c1-17-11-13-23(14-12-17)25(22-9-7-6-8-10-22)27-26(28)21(5)29-24-16-18(2)15-19(3)20(24)4/h6-16,21,25H,1-5H3,(H,27,28)/t21-,25-/m1/s1. The molecule has 3 heteroatoms. The van der Waals surface area contributed by atoms with Crippen molar-refractivity contribution in [3.8, 4) is 5.75 Å². The Kier molecular flexibility index (Phi) is 6.38. The largest absolute Gasteiger partial charge is 0.481 e. The highest BCUT2D eigenvalue weighted by Crippen LogP contribution is 2.26. The zero-order valence-electron chi connectivity index (χ0n) is 17.8. The predicted octanol–water partition coefficient (Wildman–Crippen LogP) is 5.59. The third-order valence-corrected chi connectivity index (χ3v) is 5.27. The predicted molar refractivity (Wildman–Crippen MR) is 118 cm³/mol. The lowest BCUT2D eigenvalue weighted by Crippen LogP contribution is -2.39. The van der Waals surface area contributed by atoms with Gasteiger partial charge in [-0.05, 0) is 68.5 Å². The fraction of sp³-hybridized carbons (Fsp3) is 0.269. The van der Waals surface area contributed by atoms with Crippen LogP contribution in [0.15, 0.2) is 66.7 Å².